The molecule has 0 aromatic carbocycles. The number of aryl methyl sites for hydroxylation is 1. The van der Waals surface area contributed by atoms with Gasteiger partial charge in [-0.1, -0.05) is 6.08 Å². The summed E-state index contributed by atoms with van der Waals surface area (Å²) in [6.45, 7) is 7.24. The number of hydrogen-bond acceptors (Lipinski definition) is 3. The highest BCUT2D eigenvalue weighted by atomic mass is 16.4. The third kappa shape index (κ3) is 2.56. The number of rotatable bonds is 4. The van der Waals surface area contributed by atoms with Crippen molar-refractivity contribution in [2.45, 2.75) is 19.9 Å². The van der Waals surface area contributed by atoms with Crippen LogP contribution in [0.2, 0.25) is 0 Å². The van der Waals surface area contributed by atoms with Crippen LogP contribution in [-0.2, 0) is 0 Å². The van der Waals surface area contributed by atoms with Gasteiger partial charge in [-0.15, -0.1) is 6.58 Å². The highest BCUT2D eigenvalue weighted by Gasteiger charge is 2.14. The number of aromatic carboxylic acids is 1. The lowest BCUT2D eigenvalue weighted by Gasteiger charge is -2.13. The number of carbonyl (C=O) groups is 1. The van der Waals surface area contributed by atoms with Crippen LogP contribution >= 0.6 is 0 Å². The lowest BCUT2D eigenvalue weighted by Crippen LogP contribution is -2.16. The molecular weight excluding hydrogens is 192 g/mol. The fourth-order valence-electron chi connectivity index (χ4n) is 1.21. The molecule has 0 saturated heterocycles. The Kier molecular flexibility index (Phi) is 3.44. The third-order valence-electron chi connectivity index (χ3n) is 2.09. The average molecular weight is 206 g/mol. The number of nitrogens with zero attached hydrogens (tertiary/aromatic N) is 1. The number of pyridine rings is 1. The average Bonchev–Trinajstić information content (AvgIpc) is 2.17. The quantitative estimate of drug-likeness (QED) is 0.740. The number of carboxylic acid groups (broad SMARTS) is 1. The molecule has 1 rings (SSSR count). The number of aromatic nitrogens is 1. The highest BCUT2D eigenvalue weighted by molar-refractivity contribution is 5.94. The van der Waals surface area contributed by atoms with E-state index >= 15 is 0 Å². The summed E-state index contributed by atoms with van der Waals surface area (Å²) in [4.78, 5) is 15.0. The van der Waals surface area contributed by atoms with Gasteiger partial charge < -0.3 is 10.4 Å². The zero-order chi connectivity index (χ0) is 11.4. The fourth-order valence-corrected chi connectivity index (χ4v) is 1.21. The highest BCUT2D eigenvalue weighted by Crippen LogP contribution is 2.17. The van der Waals surface area contributed by atoms with Crippen LogP contribution in [0.15, 0.2) is 24.9 Å². The van der Waals surface area contributed by atoms with Crippen LogP contribution in [0.4, 0.5) is 5.82 Å². The van der Waals surface area contributed by atoms with E-state index in [-0.39, 0.29) is 11.6 Å². The van der Waals surface area contributed by atoms with E-state index in [1.165, 1.54) is 0 Å². The van der Waals surface area contributed by atoms with E-state index in [1.807, 2.05) is 6.92 Å². The number of carboxylic acids is 1. The molecule has 4 nitrogen and oxygen atoms in total. The minimum Gasteiger partial charge on any atom is -0.478 e. The van der Waals surface area contributed by atoms with Crippen LogP contribution in [-0.4, -0.2) is 22.1 Å². The zero-order valence-electron chi connectivity index (χ0n) is 8.82. The van der Waals surface area contributed by atoms with Gasteiger partial charge in [-0.3, -0.25) is 0 Å². The van der Waals surface area contributed by atoms with Crippen molar-refractivity contribution in [1.29, 1.82) is 0 Å². The Labute approximate surface area is 88.7 Å². The first-order valence-corrected chi connectivity index (χ1v) is 4.64. The van der Waals surface area contributed by atoms with Crippen LogP contribution in [0.3, 0.4) is 0 Å². The van der Waals surface area contributed by atoms with Gasteiger partial charge in [-0.2, -0.15) is 0 Å². The van der Waals surface area contributed by atoms with Crippen molar-refractivity contribution in [3.05, 3.63) is 36.0 Å². The number of anilines is 1. The third-order valence-corrected chi connectivity index (χ3v) is 2.09. The lowest BCUT2D eigenvalue weighted by molar-refractivity contribution is 0.0697. The molecule has 1 unspecified atom stereocenters. The molecule has 1 heterocycles. The molecular formula is C11H14N2O2. The topological polar surface area (TPSA) is 62.2 Å². The van der Waals surface area contributed by atoms with Crippen molar-refractivity contribution in [1.82, 2.24) is 4.98 Å². The Bertz CT molecular complexity index is 388. The summed E-state index contributed by atoms with van der Waals surface area (Å²) in [5.41, 5.74) is 0.905. The molecule has 80 valence electrons. The van der Waals surface area contributed by atoms with E-state index < -0.39 is 5.97 Å². The second kappa shape index (κ2) is 4.59. The van der Waals surface area contributed by atoms with Gasteiger partial charge in [-0.05, 0) is 25.5 Å². The smallest absolute Gasteiger partial charge is 0.339 e. The second-order valence-corrected chi connectivity index (χ2v) is 3.33. The van der Waals surface area contributed by atoms with Crippen molar-refractivity contribution < 1.29 is 9.90 Å². The molecule has 2 N–H and O–H groups in total. The van der Waals surface area contributed by atoms with Gasteiger partial charge in [-0.25, -0.2) is 9.78 Å². The maximum Gasteiger partial charge on any atom is 0.339 e. The Morgan fingerprint density at radius 3 is 2.93 bits per heavy atom. The van der Waals surface area contributed by atoms with Crippen molar-refractivity contribution in [2.75, 3.05) is 5.32 Å². The lowest BCUT2D eigenvalue weighted by atomic mass is 10.1. The molecule has 4 heteroatoms. The van der Waals surface area contributed by atoms with Crippen LogP contribution < -0.4 is 5.32 Å². The van der Waals surface area contributed by atoms with Gasteiger partial charge >= 0.3 is 5.97 Å². The van der Waals surface area contributed by atoms with Crippen molar-refractivity contribution in [3.8, 4) is 0 Å². The van der Waals surface area contributed by atoms with E-state index in [2.05, 4.69) is 16.9 Å². The molecule has 0 spiro atoms. The Hall–Kier alpha value is -1.84. The summed E-state index contributed by atoms with van der Waals surface area (Å²) >= 11 is 0. The molecule has 0 amide bonds. The monoisotopic (exact) mass is 206 g/mol. The van der Waals surface area contributed by atoms with Crippen molar-refractivity contribution in [3.63, 3.8) is 0 Å². The Balaban J connectivity index is 3.11. The van der Waals surface area contributed by atoms with E-state index in [1.54, 1.807) is 25.3 Å². The zero-order valence-corrected chi connectivity index (χ0v) is 8.82. The minimum atomic E-state index is -0.973. The first-order valence-electron chi connectivity index (χ1n) is 4.64. The molecule has 0 radical (unpaired) electrons. The van der Waals surface area contributed by atoms with Crippen LogP contribution in [0.1, 0.15) is 22.8 Å². The molecule has 1 aromatic heterocycles. The molecule has 1 aromatic rings. The standard InChI is InChI=1S/C11H14N2O2/c1-4-8(3)13-10-9(11(14)15)7(2)5-6-12-10/h4-6,8H,1H2,2-3H3,(H,12,13)(H,14,15). The van der Waals surface area contributed by atoms with Gasteiger partial charge in [0.15, 0.2) is 0 Å². The fraction of sp³-hybridized carbons (Fsp3) is 0.273. The van der Waals surface area contributed by atoms with E-state index in [0.29, 0.717) is 11.4 Å². The minimum absolute atomic E-state index is 0.0163. The molecule has 0 saturated carbocycles. The molecule has 0 bridgehead atoms. The first kappa shape index (κ1) is 11.2. The Morgan fingerprint density at radius 2 is 2.40 bits per heavy atom. The van der Waals surface area contributed by atoms with Gasteiger partial charge in [0.2, 0.25) is 0 Å². The molecule has 0 aliphatic heterocycles. The van der Waals surface area contributed by atoms with Crippen LogP contribution in [0.25, 0.3) is 0 Å². The van der Waals surface area contributed by atoms with Gasteiger partial charge in [0.1, 0.15) is 11.4 Å². The predicted octanol–water partition coefficient (Wildman–Crippen LogP) is 2.07. The Morgan fingerprint density at radius 1 is 1.73 bits per heavy atom. The normalized spacial score (nSPS) is 11.9. The maximum atomic E-state index is 11.0. The molecule has 0 aliphatic rings. The number of nitrogens with one attached hydrogen (secondary N) is 1. The predicted molar refractivity (Wildman–Crippen MR) is 59.2 cm³/mol. The first-order chi connectivity index (χ1) is 7.06. The van der Waals surface area contributed by atoms with Gasteiger partial charge in [0, 0.05) is 12.2 Å². The van der Waals surface area contributed by atoms with E-state index in [0.717, 1.165) is 0 Å². The van der Waals surface area contributed by atoms with Gasteiger partial charge in [0.25, 0.3) is 0 Å². The summed E-state index contributed by atoms with van der Waals surface area (Å²) in [7, 11) is 0. The maximum absolute atomic E-state index is 11.0. The summed E-state index contributed by atoms with van der Waals surface area (Å²) in [5.74, 6) is -0.589. The van der Waals surface area contributed by atoms with E-state index in [4.69, 9.17) is 5.11 Å². The summed E-state index contributed by atoms with van der Waals surface area (Å²) in [5, 5.41) is 12.0. The summed E-state index contributed by atoms with van der Waals surface area (Å²) in [6.07, 6.45) is 3.27. The SMILES string of the molecule is C=CC(C)Nc1nccc(C)c1C(=O)O. The summed E-state index contributed by atoms with van der Waals surface area (Å²) < 4.78 is 0. The summed E-state index contributed by atoms with van der Waals surface area (Å²) in [6, 6.07) is 1.66. The van der Waals surface area contributed by atoms with Crippen molar-refractivity contribution >= 4 is 11.8 Å². The number of hydrogen-bond donors (Lipinski definition) is 2. The van der Waals surface area contributed by atoms with Crippen LogP contribution in [0.5, 0.6) is 0 Å². The van der Waals surface area contributed by atoms with Gasteiger partial charge in [0.05, 0.1) is 0 Å². The van der Waals surface area contributed by atoms with Crippen LogP contribution in [0, 0.1) is 6.92 Å². The largest absolute Gasteiger partial charge is 0.478 e. The van der Waals surface area contributed by atoms with E-state index in [9.17, 15) is 4.79 Å². The second-order valence-electron chi connectivity index (χ2n) is 3.33. The molecule has 0 aliphatic carbocycles. The molecule has 0 fully saturated rings. The molecule has 15 heavy (non-hydrogen) atoms. The molecule has 1 atom stereocenters. The van der Waals surface area contributed by atoms with Crippen molar-refractivity contribution in [2.24, 2.45) is 0 Å².